The van der Waals surface area contributed by atoms with Gasteiger partial charge in [-0.3, -0.25) is 0 Å². The van der Waals surface area contributed by atoms with Gasteiger partial charge in [-0.15, -0.1) is 0 Å². The highest BCUT2D eigenvalue weighted by Crippen LogP contribution is 2.36. The molecule has 0 spiro atoms. The molecule has 0 radical (unpaired) electrons. The monoisotopic (exact) mass is 299 g/mol. The van der Waals surface area contributed by atoms with Crippen molar-refractivity contribution in [1.29, 1.82) is 0 Å². The highest BCUT2D eigenvalue weighted by molar-refractivity contribution is 6.84. The minimum Gasteiger partial charge on any atom is -0.320 e. The van der Waals surface area contributed by atoms with Crippen molar-refractivity contribution < 1.29 is 0 Å². The summed E-state index contributed by atoms with van der Waals surface area (Å²) in [6, 6.07) is 1.32. The normalized spacial score (nSPS) is 14.3. The second-order valence-electron chi connectivity index (χ2n) is 7.54. The van der Waals surface area contributed by atoms with Gasteiger partial charge in [-0.2, -0.15) is 0 Å². The summed E-state index contributed by atoms with van der Waals surface area (Å²) in [5.41, 5.74) is 4.24. The molecule has 0 fully saturated rings. The maximum Gasteiger partial charge on any atom is 0.157 e. The SMILES string of the molecule is CCN(CC)[Si](/C=C/C[Si](C)(C)C)(C(C)C)C(C)C. The van der Waals surface area contributed by atoms with Crippen LogP contribution in [0.15, 0.2) is 11.8 Å². The first kappa shape index (κ1) is 19.1. The summed E-state index contributed by atoms with van der Waals surface area (Å²) in [4.78, 5) is 0. The van der Waals surface area contributed by atoms with Crippen LogP contribution >= 0.6 is 0 Å². The molecular formula is C16H37NSi2. The Morgan fingerprint density at radius 2 is 1.32 bits per heavy atom. The van der Waals surface area contributed by atoms with Crippen LogP contribution in [0.25, 0.3) is 0 Å². The highest BCUT2D eigenvalue weighted by atomic mass is 28.3. The Kier molecular flexibility index (Phi) is 7.85. The van der Waals surface area contributed by atoms with E-state index in [4.69, 9.17) is 0 Å². The summed E-state index contributed by atoms with van der Waals surface area (Å²) in [5.74, 6) is 0. The van der Waals surface area contributed by atoms with Gasteiger partial charge in [0.25, 0.3) is 0 Å². The average Bonchev–Trinajstić information content (AvgIpc) is 2.25. The number of hydrogen-bond donors (Lipinski definition) is 0. The Morgan fingerprint density at radius 1 is 0.895 bits per heavy atom. The zero-order valence-corrected chi connectivity index (χ0v) is 16.9. The van der Waals surface area contributed by atoms with Crippen molar-refractivity contribution in [3.05, 3.63) is 11.8 Å². The summed E-state index contributed by atoms with van der Waals surface area (Å²) >= 11 is 0. The summed E-state index contributed by atoms with van der Waals surface area (Å²) in [5, 5.41) is 0. The average molecular weight is 300 g/mol. The van der Waals surface area contributed by atoms with Crippen LogP contribution in [-0.4, -0.2) is 34.0 Å². The molecule has 0 atom stereocenters. The van der Waals surface area contributed by atoms with E-state index in [1.54, 1.807) is 0 Å². The van der Waals surface area contributed by atoms with Gasteiger partial charge in [-0.25, -0.2) is 0 Å². The molecule has 0 unspecified atom stereocenters. The third-order valence-corrected chi connectivity index (χ3v) is 11.9. The van der Waals surface area contributed by atoms with Gasteiger partial charge in [-0.1, -0.05) is 73.0 Å². The Morgan fingerprint density at radius 3 is 1.58 bits per heavy atom. The molecule has 19 heavy (non-hydrogen) atoms. The smallest absolute Gasteiger partial charge is 0.157 e. The highest BCUT2D eigenvalue weighted by Gasteiger charge is 2.42. The number of nitrogens with zero attached hydrogens (tertiary/aromatic N) is 1. The molecular weight excluding hydrogens is 262 g/mol. The first-order chi connectivity index (χ1) is 8.61. The fourth-order valence-electron chi connectivity index (χ4n) is 3.26. The molecule has 0 rings (SSSR count). The molecule has 0 aliphatic rings. The maximum absolute atomic E-state index is 2.78. The van der Waals surface area contributed by atoms with Gasteiger partial charge in [-0.05, 0) is 30.2 Å². The molecule has 0 heterocycles. The van der Waals surface area contributed by atoms with Gasteiger partial charge in [0.2, 0.25) is 0 Å². The molecule has 0 aliphatic heterocycles. The topological polar surface area (TPSA) is 3.24 Å². The van der Waals surface area contributed by atoms with E-state index in [0.29, 0.717) is 0 Å². The van der Waals surface area contributed by atoms with E-state index < -0.39 is 16.3 Å². The predicted octanol–water partition coefficient (Wildman–Crippen LogP) is 5.53. The Hall–Kier alpha value is 0.134. The van der Waals surface area contributed by atoms with Gasteiger partial charge in [0.05, 0.1) is 0 Å². The number of hydrogen-bond acceptors (Lipinski definition) is 1. The molecule has 3 heteroatoms. The minimum absolute atomic E-state index is 0.783. The molecule has 0 amide bonds. The molecule has 114 valence electrons. The summed E-state index contributed by atoms with van der Waals surface area (Å²) in [7, 11) is -2.47. The van der Waals surface area contributed by atoms with Crippen molar-refractivity contribution in [3.63, 3.8) is 0 Å². The van der Waals surface area contributed by atoms with Gasteiger partial charge >= 0.3 is 0 Å². The van der Waals surface area contributed by atoms with E-state index in [1.165, 1.54) is 19.1 Å². The van der Waals surface area contributed by atoms with Crippen LogP contribution in [0.1, 0.15) is 41.5 Å². The quantitative estimate of drug-likeness (QED) is 0.533. The van der Waals surface area contributed by atoms with E-state index in [9.17, 15) is 0 Å². The third-order valence-electron chi connectivity index (χ3n) is 4.28. The van der Waals surface area contributed by atoms with Crippen molar-refractivity contribution in [2.45, 2.75) is 78.3 Å². The molecule has 0 saturated heterocycles. The first-order valence-electron chi connectivity index (χ1n) is 8.04. The molecule has 0 aliphatic carbocycles. The Labute approximate surface area is 124 Å². The van der Waals surface area contributed by atoms with E-state index in [2.05, 4.69) is 77.5 Å². The zero-order chi connectivity index (χ0) is 15.3. The summed E-state index contributed by atoms with van der Waals surface area (Å²) in [6.07, 6.45) is 2.54. The fourth-order valence-corrected chi connectivity index (χ4v) is 9.69. The van der Waals surface area contributed by atoms with Crippen LogP contribution < -0.4 is 0 Å². The van der Waals surface area contributed by atoms with Gasteiger partial charge in [0.1, 0.15) is 0 Å². The fraction of sp³-hybridized carbons (Fsp3) is 0.875. The lowest BCUT2D eigenvalue weighted by Crippen LogP contribution is -2.56. The van der Waals surface area contributed by atoms with Gasteiger partial charge < -0.3 is 4.57 Å². The predicted molar refractivity (Wildman–Crippen MR) is 96.2 cm³/mol. The standard InChI is InChI=1S/C16H37NSi2/c1-10-17(11-2)19(15(3)4,16(5)6)14-12-13-18(7,8)9/h12,14-16H,10-11,13H2,1-9H3/b14-12+. The van der Waals surface area contributed by atoms with E-state index >= 15 is 0 Å². The van der Waals surface area contributed by atoms with Crippen LogP contribution in [0.5, 0.6) is 0 Å². The van der Waals surface area contributed by atoms with Crippen LogP contribution in [0.2, 0.25) is 36.8 Å². The van der Waals surface area contributed by atoms with Crippen molar-refractivity contribution in [3.8, 4) is 0 Å². The van der Waals surface area contributed by atoms with E-state index in [0.717, 1.165) is 11.1 Å². The molecule has 0 aromatic heterocycles. The van der Waals surface area contributed by atoms with Crippen molar-refractivity contribution in [2.24, 2.45) is 0 Å². The number of allylic oxidation sites excluding steroid dienone is 1. The molecule has 0 bridgehead atoms. The molecule has 0 N–H and O–H groups in total. The Bertz CT molecular complexity index is 265. The molecule has 1 nitrogen and oxygen atoms in total. The van der Waals surface area contributed by atoms with E-state index in [1.807, 2.05) is 0 Å². The maximum atomic E-state index is 2.78. The Balaban J connectivity index is 5.36. The van der Waals surface area contributed by atoms with Crippen LogP contribution in [0.3, 0.4) is 0 Å². The summed E-state index contributed by atoms with van der Waals surface area (Å²) in [6.45, 7) is 24.1. The van der Waals surface area contributed by atoms with Crippen molar-refractivity contribution in [2.75, 3.05) is 13.1 Å². The lowest BCUT2D eigenvalue weighted by molar-refractivity contribution is 0.447. The molecule has 0 aromatic rings. The first-order valence-corrected chi connectivity index (χ1v) is 13.9. The van der Waals surface area contributed by atoms with Crippen LogP contribution in [0.4, 0.5) is 0 Å². The second-order valence-corrected chi connectivity index (χ2v) is 18.1. The van der Waals surface area contributed by atoms with Crippen molar-refractivity contribution >= 4 is 16.3 Å². The molecule has 0 saturated carbocycles. The second kappa shape index (κ2) is 7.79. The van der Waals surface area contributed by atoms with Crippen LogP contribution in [-0.2, 0) is 0 Å². The molecule has 0 aromatic carbocycles. The van der Waals surface area contributed by atoms with Gasteiger partial charge in [0.15, 0.2) is 8.24 Å². The zero-order valence-electron chi connectivity index (χ0n) is 14.9. The van der Waals surface area contributed by atoms with Crippen LogP contribution in [0, 0.1) is 0 Å². The number of rotatable bonds is 8. The minimum atomic E-state index is -1.50. The summed E-state index contributed by atoms with van der Waals surface area (Å²) < 4.78 is 2.78. The lowest BCUT2D eigenvalue weighted by atomic mass is 10.5. The lowest BCUT2D eigenvalue weighted by Gasteiger charge is -2.45. The largest absolute Gasteiger partial charge is 0.320 e. The third kappa shape index (κ3) is 5.20. The van der Waals surface area contributed by atoms with Crippen molar-refractivity contribution in [1.82, 2.24) is 4.57 Å². The van der Waals surface area contributed by atoms with Gasteiger partial charge in [0, 0.05) is 8.07 Å². The van der Waals surface area contributed by atoms with E-state index in [-0.39, 0.29) is 0 Å².